The summed E-state index contributed by atoms with van der Waals surface area (Å²) in [5.74, 6) is -0.198. The van der Waals surface area contributed by atoms with E-state index in [0.717, 1.165) is 17.8 Å². The lowest BCUT2D eigenvalue weighted by Crippen LogP contribution is -2.30. The maximum Gasteiger partial charge on any atom is 0.416 e. The first-order valence-electron chi connectivity index (χ1n) is 9.08. The highest BCUT2D eigenvalue weighted by atomic mass is 32.1. The SMILES string of the molecule is CC(c1ccccn1)N(C)C(=O)c1csc2nc(-c3ccc(C(F)(F)F)cc3)cn12. The van der Waals surface area contributed by atoms with Gasteiger partial charge in [-0.25, -0.2) is 4.98 Å². The molecular formula is C21H17F3N4OS. The molecule has 1 unspecified atom stereocenters. The normalized spacial score (nSPS) is 12.8. The summed E-state index contributed by atoms with van der Waals surface area (Å²) >= 11 is 1.30. The van der Waals surface area contributed by atoms with Gasteiger partial charge in [-0.2, -0.15) is 13.2 Å². The third-order valence-electron chi connectivity index (χ3n) is 4.95. The van der Waals surface area contributed by atoms with E-state index in [-0.39, 0.29) is 11.9 Å². The quantitative estimate of drug-likeness (QED) is 0.441. The number of alkyl halides is 3. The lowest BCUT2D eigenvalue weighted by atomic mass is 10.1. The number of hydrogen-bond acceptors (Lipinski definition) is 4. The Kier molecular flexibility index (Phi) is 5.07. The summed E-state index contributed by atoms with van der Waals surface area (Å²) in [6, 6.07) is 10.1. The summed E-state index contributed by atoms with van der Waals surface area (Å²) in [5, 5.41) is 1.73. The minimum Gasteiger partial charge on any atom is -0.332 e. The van der Waals surface area contributed by atoms with Crippen molar-refractivity contribution in [1.82, 2.24) is 19.3 Å². The van der Waals surface area contributed by atoms with Gasteiger partial charge in [-0.1, -0.05) is 18.2 Å². The maximum absolute atomic E-state index is 13.1. The third-order valence-corrected chi connectivity index (χ3v) is 5.79. The van der Waals surface area contributed by atoms with E-state index in [1.807, 2.05) is 25.1 Å². The van der Waals surface area contributed by atoms with E-state index in [9.17, 15) is 18.0 Å². The van der Waals surface area contributed by atoms with Crippen LogP contribution in [0.3, 0.4) is 0 Å². The number of hydrogen-bond donors (Lipinski definition) is 0. The Bertz CT molecular complexity index is 1180. The van der Waals surface area contributed by atoms with Crippen molar-refractivity contribution in [3.8, 4) is 11.3 Å². The first-order valence-corrected chi connectivity index (χ1v) is 9.96. The van der Waals surface area contributed by atoms with Crippen LogP contribution in [-0.4, -0.2) is 32.2 Å². The highest BCUT2D eigenvalue weighted by molar-refractivity contribution is 7.15. The smallest absolute Gasteiger partial charge is 0.332 e. The molecule has 0 N–H and O–H groups in total. The van der Waals surface area contributed by atoms with Crippen LogP contribution in [0.25, 0.3) is 16.2 Å². The number of aromatic nitrogens is 3. The van der Waals surface area contributed by atoms with Gasteiger partial charge in [0.25, 0.3) is 5.91 Å². The van der Waals surface area contributed by atoms with E-state index in [0.29, 0.717) is 21.9 Å². The van der Waals surface area contributed by atoms with Crippen molar-refractivity contribution in [1.29, 1.82) is 0 Å². The van der Waals surface area contributed by atoms with E-state index >= 15 is 0 Å². The number of fused-ring (bicyclic) bond motifs is 1. The molecule has 1 amide bonds. The molecule has 154 valence electrons. The molecule has 0 aliphatic carbocycles. The molecule has 3 aromatic heterocycles. The van der Waals surface area contributed by atoms with Gasteiger partial charge in [0.15, 0.2) is 4.96 Å². The van der Waals surface area contributed by atoms with E-state index in [2.05, 4.69) is 9.97 Å². The Balaban J connectivity index is 1.62. The number of halogens is 3. The lowest BCUT2D eigenvalue weighted by molar-refractivity contribution is -0.137. The van der Waals surface area contributed by atoms with Gasteiger partial charge in [0, 0.05) is 30.4 Å². The molecule has 1 atom stereocenters. The molecule has 1 aromatic carbocycles. The number of carbonyl (C=O) groups excluding carboxylic acids is 1. The highest BCUT2D eigenvalue weighted by Crippen LogP contribution is 2.31. The van der Waals surface area contributed by atoms with Gasteiger partial charge in [-0.05, 0) is 31.2 Å². The average Bonchev–Trinajstić information content (AvgIpc) is 3.33. The minimum atomic E-state index is -4.39. The molecule has 4 aromatic rings. The Labute approximate surface area is 174 Å². The predicted molar refractivity (Wildman–Crippen MR) is 108 cm³/mol. The van der Waals surface area contributed by atoms with Gasteiger partial charge in [-0.3, -0.25) is 14.2 Å². The van der Waals surface area contributed by atoms with Crippen LogP contribution in [0, 0.1) is 0 Å². The summed E-state index contributed by atoms with van der Waals surface area (Å²) in [7, 11) is 1.71. The largest absolute Gasteiger partial charge is 0.416 e. The van der Waals surface area contributed by atoms with Crippen LogP contribution in [0.5, 0.6) is 0 Å². The standard InChI is InChI=1S/C21H17F3N4OS/c1-13(16-5-3-4-10-25-16)27(2)19(29)18-12-30-20-26-17(11-28(18)20)14-6-8-15(9-7-14)21(22,23)24/h3-13H,1-2H3. The second-order valence-corrected chi connectivity index (χ2v) is 7.66. The van der Waals surface area contributed by atoms with Gasteiger partial charge >= 0.3 is 6.18 Å². The molecule has 0 spiro atoms. The van der Waals surface area contributed by atoms with Gasteiger partial charge in [0.2, 0.25) is 0 Å². The third kappa shape index (κ3) is 3.68. The molecule has 0 radical (unpaired) electrons. The highest BCUT2D eigenvalue weighted by Gasteiger charge is 2.30. The molecule has 0 bridgehead atoms. The molecule has 5 nitrogen and oxygen atoms in total. The number of amides is 1. The number of nitrogens with zero attached hydrogens (tertiary/aromatic N) is 4. The van der Waals surface area contributed by atoms with Crippen LogP contribution >= 0.6 is 11.3 Å². The second-order valence-electron chi connectivity index (χ2n) is 6.82. The number of pyridine rings is 1. The van der Waals surface area contributed by atoms with Crippen molar-refractivity contribution < 1.29 is 18.0 Å². The predicted octanol–water partition coefficient (Wildman–Crippen LogP) is 5.31. The van der Waals surface area contributed by atoms with E-state index in [1.54, 1.807) is 34.1 Å². The Morgan fingerprint density at radius 1 is 1.17 bits per heavy atom. The molecular weight excluding hydrogens is 413 g/mol. The number of thiazole rings is 1. The monoisotopic (exact) mass is 430 g/mol. The van der Waals surface area contributed by atoms with Crippen molar-refractivity contribution in [3.05, 3.63) is 77.2 Å². The molecule has 4 rings (SSSR count). The number of benzene rings is 1. The van der Waals surface area contributed by atoms with Crippen LogP contribution < -0.4 is 0 Å². The Morgan fingerprint density at radius 2 is 1.90 bits per heavy atom. The van der Waals surface area contributed by atoms with Crippen LogP contribution in [0.1, 0.15) is 34.7 Å². The molecule has 0 aliphatic rings. The topological polar surface area (TPSA) is 50.5 Å². The van der Waals surface area contributed by atoms with Crippen LogP contribution in [0.15, 0.2) is 60.2 Å². The number of carbonyl (C=O) groups is 1. The summed E-state index contributed by atoms with van der Waals surface area (Å²) < 4.78 is 40.0. The van der Waals surface area contributed by atoms with E-state index in [1.165, 1.54) is 23.5 Å². The molecule has 9 heteroatoms. The molecule has 0 aliphatic heterocycles. The van der Waals surface area contributed by atoms with Gasteiger partial charge in [0.1, 0.15) is 5.69 Å². The van der Waals surface area contributed by atoms with Crippen molar-refractivity contribution in [2.45, 2.75) is 19.1 Å². The Hall–Kier alpha value is -3.20. The van der Waals surface area contributed by atoms with Crippen LogP contribution in [-0.2, 0) is 6.18 Å². The van der Waals surface area contributed by atoms with Crippen molar-refractivity contribution >= 4 is 22.2 Å². The van der Waals surface area contributed by atoms with Gasteiger partial charge in [-0.15, -0.1) is 11.3 Å². The zero-order chi connectivity index (χ0) is 21.5. The second kappa shape index (κ2) is 7.56. The zero-order valence-electron chi connectivity index (χ0n) is 16.1. The van der Waals surface area contributed by atoms with Crippen molar-refractivity contribution in [3.63, 3.8) is 0 Å². The number of rotatable bonds is 4. The van der Waals surface area contributed by atoms with Gasteiger partial charge < -0.3 is 4.90 Å². The van der Waals surface area contributed by atoms with Crippen molar-refractivity contribution in [2.75, 3.05) is 7.05 Å². The fourth-order valence-corrected chi connectivity index (χ4v) is 3.93. The summed E-state index contributed by atoms with van der Waals surface area (Å²) in [5.41, 5.74) is 1.55. The molecule has 0 saturated carbocycles. The van der Waals surface area contributed by atoms with Crippen LogP contribution in [0.4, 0.5) is 13.2 Å². The first-order chi connectivity index (χ1) is 14.3. The maximum atomic E-state index is 13.1. The molecule has 0 fully saturated rings. The fourth-order valence-electron chi connectivity index (χ4n) is 3.08. The Morgan fingerprint density at radius 3 is 2.53 bits per heavy atom. The number of imidazole rings is 1. The van der Waals surface area contributed by atoms with E-state index in [4.69, 9.17) is 0 Å². The van der Waals surface area contributed by atoms with Crippen molar-refractivity contribution in [2.24, 2.45) is 0 Å². The molecule has 30 heavy (non-hydrogen) atoms. The van der Waals surface area contributed by atoms with E-state index < -0.39 is 11.7 Å². The fraction of sp³-hybridized carbons (Fsp3) is 0.190. The average molecular weight is 430 g/mol. The van der Waals surface area contributed by atoms with Crippen LogP contribution in [0.2, 0.25) is 0 Å². The molecule has 0 saturated heterocycles. The summed E-state index contributed by atoms with van der Waals surface area (Å²) in [6.45, 7) is 1.89. The molecule has 3 heterocycles. The lowest BCUT2D eigenvalue weighted by Gasteiger charge is -2.24. The zero-order valence-corrected chi connectivity index (χ0v) is 16.9. The first kappa shape index (κ1) is 20.1. The van der Waals surface area contributed by atoms with Gasteiger partial charge in [0.05, 0.1) is 23.0 Å². The minimum absolute atomic E-state index is 0.198. The summed E-state index contributed by atoms with van der Waals surface area (Å²) in [4.78, 5) is 24.0. The summed E-state index contributed by atoms with van der Waals surface area (Å²) in [6.07, 6.45) is -1.04.